The van der Waals surface area contributed by atoms with Crippen LogP contribution < -0.4 is 10.6 Å². The number of para-hydroxylation sites is 2. The van der Waals surface area contributed by atoms with Crippen molar-refractivity contribution in [1.29, 1.82) is 0 Å². The average Bonchev–Trinajstić information content (AvgIpc) is 2.39. The summed E-state index contributed by atoms with van der Waals surface area (Å²) in [6.07, 6.45) is 0.325. The Morgan fingerprint density at radius 2 is 1.75 bits per heavy atom. The van der Waals surface area contributed by atoms with Gasteiger partial charge in [0.15, 0.2) is 0 Å². The first-order valence-corrected chi connectivity index (χ1v) is 6.43. The number of rotatable bonds is 7. The van der Waals surface area contributed by atoms with Crippen LogP contribution in [0, 0.1) is 0 Å². The van der Waals surface area contributed by atoms with Gasteiger partial charge in [-0.25, -0.2) is 0 Å². The monoisotopic (exact) mass is 279 g/mol. The number of hydrogen-bond donors (Lipinski definition) is 2. The minimum absolute atomic E-state index is 0.000160. The predicted octanol–water partition coefficient (Wildman–Crippen LogP) is 1.03. The van der Waals surface area contributed by atoms with Crippen LogP contribution in [0.4, 0.5) is 11.4 Å². The highest BCUT2D eigenvalue weighted by molar-refractivity contribution is 5.77. The summed E-state index contributed by atoms with van der Waals surface area (Å²) in [4.78, 5) is 25.7. The number of benzene rings is 1. The average molecular weight is 279 g/mol. The Bertz CT molecular complexity index is 474. The van der Waals surface area contributed by atoms with E-state index in [2.05, 4.69) is 0 Å². The van der Waals surface area contributed by atoms with E-state index in [-0.39, 0.29) is 12.3 Å². The van der Waals surface area contributed by atoms with Gasteiger partial charge in [-0.2, -0.15) is 0 Å². The Labute approximate surface area is 118 Å². The van der Waals surface area contributed by atoms with Crippen molar-refractivity contribution in [2.24, 2.45) is 0 Å². The quantitative estimate of drug-likeness (QED) is 0.728. The van der Waals surface area contributed by atoms with Gasteiger partial charge in [0.05, 0.1) is 17.8 Å². The molecule has 0 aliphatic rings. The fourth-order valence-electron chi connectivity index (χ4n) is 1.81. The lowest BCUT2D eigenvalue weighted by molar-refractivity contribution is -0.136. The molecule has 0 radical (unpaired) electrons. The normalized spacial score (nSPS) is 10.1. The lowest BCUT2D eigenvalue weighted by atomic mass is 10.2. The molecule has 1 rings (SSSR count). The van der Waals surface area contributed by atoms with Crippen molar-refractivity contribution in [2.45, 2.75) is 12.8 Å². The first-order valence-electron chi connectivity index (χ1n) is 6.43. The molecule has 6 heteroatoms. The summed E-state index contributed by atoms with van der Waals surface area (Å²) in [6.45, 7) is 0.767. The molecule has 1 aromatic rings. The molecule has 0 saturated carbocycles. The summed E-state index contributed by atoms with van der Waals surface area (Å²) in [5.41, 5.74) is 7.25. The summed E-state index contributed by atoms with van der Waals surface area (Å²) < 4.78 is 0. The zero-order chi connectivity index (χ0) is 15.1. The molecule has 0 spiro atoms. The third-order valence-corrected chi connectivity index (χ3v) is 2.97. The molecule has 0 atom stereocenters. The van der Waals surface area contributed by atoms with E-state index in [0.717, 1.165) is 5.69 Å². The Kier molecular flexibility index (Phi) is 5.83. The molecule has 0 saturated heterocycles. The number of carboxylic acids is 1. The van der Waals surface area contributed by atoms with E-state index >= 15 is 0 Å². The van der Waals surface area contributed by atoms with Crippen LogP contribution in [0.1, 0.15) is 12.8 Å². The number of carboxylic acid groups (broad SMARTS) is 1. The van der Waals surface area contributed by atoms with Gasteiger partial charge in [-0.05, 0) is 12.1 Å². The third-order valence-electron chi connectivity index (χ3n) is 2.97. The summed E-state index contributed by atoms with van der Waals surface area (Å²) in [5.74, 6) is -0.872. The van der Waals surface area contributed by atoms with Crippen molar-refractivity contribution in [3.8, 4) is 0 Å². The smallest absolute Gasteiger partial charge is 0.305 e. The molecule has 0 aliphatic carbocycles. The van der Waals surface area contributed by atoms with Crippen molar-refractivity contribution in [3.05, 3.63) is 24.3 Å². The van der Waals surface area contributed by atoms with Crippen LogP contribution >= 0.6 is 0 Å². The maximum absolute atomic E-state index is 11.7. The second-order valence-electron chi connectivity index (χ2n) is 4.73. The molecule has 6 nitrogen and oxygen atoms in total. The summed E-state index contributed by atoms with van der Waals surface area (Å²) in [6, 6.07) is 7.25. The number of nitrogens with zero attached hydrogens (tertiary/aromatic N) is 2. The van der Waals surface area contributed by atoms with Crippen LogP contribution in [0.25, 0.3) is 0 Å². The van der Waals surface area contributed by atoms with Gasteiger partial charge < -0.3 is 20.6 Å². The molecular formula is C14H21N3O3. The Morgan fingerprint density at radius 3 is 2.30 bits per heavy atom. The van der Waals surface area contributed by atoms with Crippen LogP contribution in [0.5, 0.6) is 0 Å². The van der Waals surface area contributed by atoms with Gasteiger partial charge in [0, 0.05) is 33.6 Å². The van der Waals surface area contributed by atoms with Crippen LogP contribution in [0.15, 0.2) is 24.3 Å². The van der Waals surface area contributed by atoms with E-state index in [1.54, 1.807) is 20.2 Å². The van der Waals surface area contributed by atoms with Gasteiger partial charge in [0.25, 0.3) is 0 Å². The number of amides is 1. The predicted molar refractivity (Wildman–Crippen MR) is 78.6 cm³/mol. The standard InChI is InChI=1S/C14H21N3O3/c1-16(2)13(18)7-9-17(10-8-14(19)20)12-6-4-3-5-11(12)15/h3-6H,7-10,15H2,1-2H3,(H,19,20). The zero-order valence-electron chi connectivity index (χ0n) is 11.9. The molecule has 0 aliphatic heterocycles. The fourth-order valence-corrected chi connectivity index (χ4v) is 1.81. The highest BCUT2D eigenvalue weighted by Crippen LogP contribution is 2.22. The summed E-state index contributed by atoms with van der Waals surface area (Å²) in [7, 11) is 3.39. The Hall–Kier alpha value is -2.24. The molecule has 20 heavy (non-hydrogen) atoms. The molecule has 1 amide bonds. The second kappa shape index (κ2) is 7.37. The number of anilines is 2. The van der Waals surface area contributed by atoms with E-state index in [4.69, 9.17) is 10.8 Å². The van der Waals surface area contributed by atoms with Crippen molar-refractivity contribution < 1.29 is 14.7 Å². The number of hydrogen-bond acceptors (Lipinski definition) is 4. The lowest BCUT2D eigenvalue weighted by Gasteiger charge is -2.26. The molecule has 110 valence electrons. The largest absolute Gasteiger partial charge is 0.481 e. The van der Waals surface area contributed by atoms with Gasteiger partial charge in [-0.3, -0.25) is 9.59 Å². The first-order chi connectivity index (χ1) is 9.41. The molecule has 0 aromatic heterocycles. The summed E-state index contributed by atoms with van der Waals surface area (Å²) in [5, 5.41) is 8.81. The number of aliphatic carboxylic acids is 1. The van der Waals surface area contributed by atoms with Crippen LogP contribution in [-0.2, 0) is 9.59 Å². The van der Waals surface area contributed by atoms with Crippen molar-refractivity contribution >= 4 is 23.3 Å². The zero-order valence-corrected chi connectivity index (χ0v) is 11.9. The van der Waals surface area contributed by atoms with Gasteiger partial charge >= 0.3 is 5.97 Å². The maximum atomic E-state index is 11.7. The van der Waals surface area contributed by atoms with Gasteiger partial charge in [-0.15, -0.1) is 0 Å². The van der Waals surface area contributed by atoms with E-state index in [0.29, 0.717) is 25.2 Å². The lowest BCUT2D eigenvalue weighted by Crippen LogP contribution is -2.32. The molecule has 0 unspecified atom stereocenters. The van der Waals surface area contributed by atoms with E-state index in [9.17, 15) is 9.59 Å². The highest BCUT2D eigenvalue weighted by Gasteiger charge is 2.13. The number of carbonyl (C=O) groups excluding carboxylic acids is 1. The van der Waals surface area contributed by atoms with Gasteiger partial charge in [0.1, 0.15) is 0 Å². The Morgan fingerprint density at radius 1 is 1.15 bits per heavy atom. The van der Waals surface area contributed by atoms with Crippen molar-refractivity contribution in [2.75, 3.05) is 37.8 Å². The molecule has 1 aromatic carbocycles. The Balaban J connectivity index is 2.77. The van der Waals surface area contributed by atoms with Crippen LogP contribution in [0.3, 0.4) is 0 Å². The van der Waals surface area contributed by atoms with Crippen molar-refractivity contribution in [3.63, 3.8) is 0 Å². The molecule has 0 heterocycles. The van der Waals surface area contributed by atoms with Gasteiger partial charge in [-0.1, -0.05) is 12.1 Å². The molecule has 0 fully saturated rings. The highest BCUT2D eigenvalue weighted by atomic mass is 16.4. The topological polar surface area (TPSA) is 86.9 Å². The number of carbonyl (C=O) groups is 2. The third kappa shape index (κ3) is 4.79. The molecule has 3 N–H and O–H groups in total. The van der Waals surface area contributed by atoms with E-state index < -0.39 is 5.97 Å². The van der Waals surface area contributed by atoms with Crippen LogP contribution in [-0.4, -0.2) is 49.1 Å². The number of nitrogens with two attached hydrogens (primary N) is 1. The van der Waals surface area contributed by atoms with Crippen LogP contribution in [0.2, 0.25) is 0 Å². The molecule has 0 bridgehead atoms. The summed E-state index contributed by atoms with van der Waals surface area (Å²) >= 11 is 0. The van der Waals surface area contributed by atoms with Crippen molar-refractivity contribution in [1.82, 2.24) is 4.90 Å². The minimum atomic E-state index is -0.872. The minimum Gasteiger partial charge on any atom is -0.481 e. The van der Waals surface area contributed by atoms with Gasteiger partial charge in [0.2, 0.25) is 5.91 Å². The first kappa shape index (κ1) is 15.8. The van der Waals surface area contributed by atoms with E-state index in [1.165, 1.54) is 4.90 Å². The SMILES string of the molecule is CN(C)C(=O)CCN(CCC(=O)O)c1ccccc1N. The number of nitrogen functional groups attached to an aromatic ring is 1. The second-order valence-corrected chi connectivity index (χ2v) is 4.73. The maximum Gasteiger partial charge on any atom is 0.305 e. The molecular weight excluding hydrogens is 258 g/mol. The van der Waals surface area contributed by atoms with E-state index in [1.807, 2.05) is 23.1 Å². The fraction of sp³-hybridized carbons (Fsp3) is 0.429.